The maximum absolute atomic E-state index is 14.4. The Labute approximate surface area is 202 Å². The van der Waals surface area contributed by atoms with E-state index in [0.717, 1.165) is 22.2 Å². The molecule has 7 nitrogen and oxygen atoms in total. The van der Waals surface area contributed by atoms with Gasteiger partial charge in [0.1, 0.15) is 19.0 Å². The van der Waals surface area contributed by atoms with E-state index in [2.05, 4.69) is 20.3 Å². The van der Waals surface area contributed by atoms with E-state index in [4.69, 9.17) is 4.74 Å². The van der Waals surface area contributed by atoms with Gasteiger partial charge in [-0.3, -0.25) is 9.29 Å². The van der Waals surface area contributed by atoms with E-state index in [1.54, 1.807) is 17.9 Å². The van der Waals surface area contributed by atoms with E-state index in [9.17, 15) is 18.3 Å². The minimum atomic E-state index is -3.26. The van der Waals surface area contributed by atoms with Crippen molar-refractivity contribution in [2.45, 2.75) is 44.7 Å². The summed E-state index contributed by atoms with van der Waals surface area (Å²) in [6, 6.07) is 8.78. The summed E-state index contributed by atoms with van der Waals surface area (Å²) in [6.45, 7) is 2.86. The smallest absolute Gasteiger partial charge is 0.283 e. The number of hydrogen-bond donors (Lipinski definition) is 3. The molecule has 0 amide bonds. The van der Waals surface area contributed by atoms with Crippen molar-refractivity contribution in [1.82, 2.24) is 25.2 Å². The largest absolute Gasteiger partial charge is 0.476 e. The van der Waals surface area contributed by atoms with Crippen LogP contribution in [0.4, 0.5) is 13.2 Å². The Morgan fingerprint density at radius 1 is 1.26 bits per heavy atom. The first-order valence-corrected chi connectivity index (χ1v) is 11.9. The number of halogens is 3. The van der Waals surface area contributed by atoms with E-state index in [-0.39, 0.29) is 12.7 Å². The Balaban J connectivity index is 1.69. The number of aromatic nitrogens is 3. The standard InChI is InChI=1S/C25H32F3N5O2/c1-16-12-19-18-6-3-4-7-20(18)32-23(19)24(33(16)14-25(27,28)15-34)21-13-22(31-17(2)30-21)35-11-10-29-9-5-8-26/h3-4,6-7,13,16,24,29,32,34H,5,8-12,14-15H2,1-2H3/t16-,24-/m1/s1. The minimum absolute atomic E-state index is 0.219. The van der Waals surface area contributed by atoms with Crippen molar-refractivity contribution in [1.29, 1.82) is 0 Å². The third-order valence-corrected chi connectivity index (χ3v) is 6.29. The number of para-hydroxylation sites is 1. The number of hydrogen-bond acceptors (Lipinski definition) is 6. The van der Waals surface area contributed by atoms with Crippen molar-refractivity contribution in [3.8, 4) is 5.88 Å². The summed E-state index contributed by atoms with van der Waals surface area (Å²) >= 11 is 0. The highest BCUT2D eigenvalue weighted by atomic mass is 19.3. The summed E-state index contributed by atoms with van der Waals surface area (Å²) in [5.74, 6) is -2.44. The maximum atomic E-state index is 14.4. The van der Waals surface area contributed by atoms with Crippen LogP contribution in [0, 0.1) is 6.92 Å². The van der Waals surface area contributed by atoms with Crippen LogP contribution >= 0.6 is 0 Å². The summed E-state index contributed by atoms with van der Waals surface area (Å²) in [5, 5.41) is 13.4. The Morgan fingerprint density at radius 3 is 2.83 bits per heavy atom. The molecule has 0 spiro atoms. The Morgan fingerprint density at radius 2 is 2.06 bits per heavy atom. The topological polar surface area (TPSA) is 86.3 Å². The van der Waals surface area contributed by atoms with E-state index in [1.807, 2.05) is 31.2 Å². The molecule has 1 aliphatic rings. The predicted molar refractivity (Wildman–Crippen MR) is 128 cm³/mol. The molecular formula is C25H32F3N5O2. The SMILES string of the molecule is Cc1nc(OCCNCCCF)cc([C@@H]2c3[nH]c4ccccc4c3C[C@@H](C)N2CC(F)(F)CO)n1. The second-order valence-electron chi connectivity index (χ2n) is 9.02. The number of fused-ring (bicyclic) bond motifs is 3. The summed E-state index contributed by atoms with van der Waals surface area (Å²) in [4.78, 5) is 14.1. The first-order valence-electron chi connectivity index (χ1n) is 11.9. The monoisotopic (exact) mass is 491 g/mol. The summed E-state index contributed by atoms with van der Waals surface area (Å²) in [6.07, 6.45) is 1.03. The predicted octanol–water partition coefficient (Wildman–Crippen LogP) is 3.56. The molecule has 0 saturated heterocycles. The second kappa shape index (κ2) is 10.9. The van der Waals surface area contributed by atoms with Gasteiger partial charge in [-0.2, -0.15) is 4.98 Å². The number of aryl methyl sites for hydroxylation is 1. The van der Waals surface area contributed by atoms with Gasteiger partial charge >= 0.3 is 0 Å². The van der Waals surface area contributed by atoms with Crippen LogP contribution in [0.5, 0.6) is 5.88 Å². The van der Waals surface area contributed by atoms with Gasteiger partial charge in [0.25, 0.3) is 5.92 Å². The fourth-order valence-corrected chi connectivity index (χ4v) is 4.71. The molecule has 10 heteroatoms. The number of aliphatic hydroxyl groups is 1. The Bertz CT molecular complexity index is 1140. The Hall–Kier alpha value is -2.69. The number of rotatable bonds is 11. The van der Waals surface area contributed by atoms with E-state index >= 15 is 0 Å². The van der Waals surface area contributed by atoms with Gasteiger partial charge in [-0.15, -0.1) is 0 Å². The Kier molecular flexibility index (Phi) is 7.93. The van der Waals surface area contributed by atoms with Crippen LogP contribution in [0.3, 0.4) is 0 Å². The van der Waals surface area contributed by atoms with E-state index in [0.29, 0.717) is 49.9 Å². The van der Waals surface area contributed by atoms with Crippen molar-refractivity contribution in [2.75, 3.05) is 39.5 Å². The molecule has 1 aromatic carbocycles. The van der Waals surface area contributed by atoms with Crippen LogP contribution in [0.25, 0.3) is 10.9 Å². The maximum Gasteiger partial charge on any atom is 0.283 e. The minimum Gasteiger partial charge on any atom is -0.476 e. The molecule has 0 fully saturated rings. The highest BCUT2D eigenvalue weighted by molar-refractivity contribution is 5.85. The molecule has 2 aromatic heterocycles. The molecule has 4 rings (SSSR count). The van der Waals surface area contributed by atoms with E-state index in [1.165, 1.54) is 0 Å². The van der Waals surface area contributed by atoms with Gasteiger partial charge in [-0.25, -0.2) is 13.8 Å². The van der Waals surface area contributed by atoms with Crippen LogP contribution < -0.4 is 10.1 Å². The van der Waals surface area contributed by atoms with Crippen molar-refractivity contribution < 1.29 is 23.0 Å². The lowest BCUT2D eigenvalue weighted by Gasteiger charge is -2.41. The van der Waals surface area contributed by atoms with Crippen molar-refractivity contribution in [3.63, 3.8) is 0 Å². The lowest BCUT2D eigenvalue weighted by molar-refractivity contribution is -0.0867. The van der Waals surface area contributed by atoms with Gasteiger partial charge in [0.05, 0.1) is 25.0 Å². The third kappa shape index (κ3) is 5.76. The fourth-order valence-electron chi connectivity index (χ4n) is 4.71. The molecular weight excluding hydrogens is 459 g/mol. The fraction of sp³-hybridized carbons (Fsp3) is 0.520. The lowest BCUT2D eigenvalue weighted by Crippen LogP contribution is -2.49. The zero-order valence-corrected chi connectivity index (χ0v) is 20.0. The number of ether oxygens (including phenoxy) is 1. The molecule has 0 unspecified atom stereocenters. The average Bonchev–Trinajstić information content (AvgIpc) is 3.19. The number of nitrogens with one attached hydrogen (secondary N) is 2. The van der Waals surface area contributed by atoms with Gasteiger partial charge in [0, 0.05) is 35.2 Å². The summed E-state index contributed by atoms with van der Waals surface area (Å²) < 4.78 is 46.9. The second-order valence-corrected chi connectivity index (χ2v) is 9.02. The molecule has 3 heterocycles. The van der Waals surface area contributed by atoms with Gasteiger partial charge in [0.15, 0.2) is 0 Å². The van der Waals surface area contributed by atoms with Gasteiger partial charge in [-0.1, -0.05) is 18.2 Å². The van der Waals surface area contributed by atoms with Gasteiger partial charge < -0.3 is 20.1 Å². The molecule has 35 heavy (non-hydrogen) atoms. The molecule has 1 aliphatic heterocycles. The molecule has 190 valence electrons. The van der Waals surface area contributed by atoms with Crippen molar-refractivity contribution >= 4 is 10.9 Å². The van der Waals surface area contributed by atoms with Gasteiger partial charge in [-0.05, 0) is 44.9 Å². The van der Waals surface area contributed by atoms with Crippen molar-refractivity contribution in [2.24, 2.45) is 0 Å². The number of aliphatic hydroxyl groups excluding tert-OH is 1. The molecule has 0 bridgehead atoms. The lowest BCUT2D eigenvalue weighted by atomic mass is 9.90. The molecule has 3 aromatic rings. The summed E-state index contributed by atoms with van der Waals surface area (Å²) in [7, 11) is 0. The zero-order valence-electron chi connectivity index (χ0n) is 20.0. The normalized spacial score (nSPS) is 18.7. The third-order valence-electron chi connectivity index (χ3n) is 6.29. The van der Waals surface area contributed by atoms with Gasteiger partial charge in [0.2, 0.25) is 5.88 Å². The molecule has 2 atom stereocenters. The first-order chi connectivity index (χ1) is 16.8. The number of aromatic amines is 1. The van der Waals surface area contributed by atoms with Crippen LogP contribution in [0.1, 0.15) is 42.2 Å². The first kappa shape index (κ1) is 25.4. The number of alkyl halides is 3. The number of nitrogens with zero attached hydrogens (tertiary/aromatic N) is 3. The molecule has 0 saturated carbocycles. The molecule has 3 N–H and O–H groups in total. The van der Waals surface area contributed by atoms with Crippen LogP contribution in [-0.4, -0.2) is 76.4 Å². The highest BCUT2D eigenvalue weighted by Gasteiger charge is 2.42. The molecule has 0 radical (unpaired) electrons. The molecule has 0 aliphatic carbocycles. The van der Waals surface area contributed by atoms with Crippen LogP contribution in [0.15, 0.2) is 30.3 Å². The van der Waals surface area contributed by atoms with Crippen LogP contribution in [-0.2, 0) is 6.42 Å². The zero-order chi connectivity index (χ0) is 25.0. The quantitative estimate of drug-likeness (QED) is 0.356. The van der Waals surface area contributed by atoms with Crippen molar-refractivity contribution in [3.05, 3.63) is 53.1 Å². The number of benzene rings is 1. The van der Waals surface area contributed by atoms with E-state index < -0.39 is 25.1 Å². The summed E-state index contributed by atoms with van der Waals surface area (Å²) in [5.41, 5.74) is 3.38. The van der Waals surface area contributed by atoms with Crippen LogP contribution in [0.2, 0.25) is 0 Å². The number of H-pyrrole nitrogens is 1. The highest BCUT2D eigenvalue weighted by Crippen LogP contribution is 2.41. The average molecular weight is 492 g/mol.